The lowest BCUT2D eigenvalue weighted by Crippen LogP contribution is -2.49. The number of nitrogens with zero attached hydrogens (tertiary/aromatic N) is 6. The van der Waals surface area contributed by atoms with Crippen molar-refractivity contribution in [3.8, 4) is 11.4 Å². The highest BCUT2D eigenvalue weighted by molar-refractivity contribution is 8.01. The predicted molar refractivity (Wildman–Crippen MR) is 126 cm³/mol. The highest BCUT2D eigenvalue weighted by Gasteiger charge is 2.22. The first-order valence-electron chi connectivity index (χ1n) is 10.5. The van der Waals surface area contributed by atoms with Crippen molar-refractivity contribution in [2.45, 2.75) is 17.7 Å². The molecule has 0 saturated carbocycles. The number of anilines is 1. The summed E-state index contributed by atoms with van der Waals surface area (Å²) in [5.41, 5.74) is 1.82. The Balaban J connectivity index is 1.13. The number of pyridine rings is 1. The fraction of sp³-hybridized carbons (Fsp3) is 0.318. The van der Waals surface area contributed by atoms with E-state index in [0.29, 0.717) is 37.0 Å². The van der Waals surface area contributed by atoms with Gasteiger partial charge in [0.1, 0.15) is 5.82 Å². The van der Waals surface area contributed by atoms with E-state index < -0.39 is 0 Å². The van der Waals surface area contributed by atoms with Crippen molar-refractivity contribution >= 4 is 45.0 Å². The van der Waals surface area contributed by atoms with Crippen LogP contribution in [0, 0.1) is 0 Å². The lowest BCUT2D eigenvalue weighted by molar-refractivity contribution is -0.128. The smallest absolute Gasteiger partial charge is 0.233 e. The quantitative estimate of drug-likeness (QED) is 0.397. The molecule has 1 saturated heterocycles. The molecule has 0 unspecified atom stereocenters. The number of amides is 1. The number of thioether (sulfide) groups is 1. The van der Waals surface area contributed by atoms with Crippen LogP contribution in [0.4, 0.5) is 5.82 Å². The summed E-state index contributed by atoms with van der Waals surface area (Å²) in [6, 6.07) is 12.0. The van der Waals surface area contributed by atoms with Gasteiger partial charge < -0.3 is 14.3 Å². The zero-order valence-electron chi connectivity index (χ0n) is 17.6. The van der Waals surface area contributed by atoms with Gasteiger partial charge in [0.15, 0.2) is 4.34 Å². The molecular formula is C22H22N6O2S2. The SMILES string of the molecule is CCc1nc(-c2ccc(N3CCN(C(=O)CSc4nc5ccccc5s4)CC3)nc2)no1. The van der Waals surface area contributed by atoms with E-state index in [0.717, 1.165) is 39.0 Å². The molecule has 1 aromatic carbocycles. The zero-order valence-corrected chi connectivity index (χ0v) is 19.2. The predicted octanol–water partition coefficient (Wildman–Crippen LogP) is 3.74. The van der Waals surface area contributed by atoms with E-state index in [4.69, 9.17) is 4.52 Å². The van der Waals surface area contributed by atoms with Crippen LogP contribution in [0.25, 0.3) is 21.6 Å². The van der Waals surface area contributed by atoms with Crippen LogP contribution in [0.1, 0.15) is 12.8 Å². The molecule has 10 heteroatoms. The van der Waals surface area contributed by atoms with Crippen LogP contribution in [-0.2, 0) is 11.2 Å². The Morgan fingerprint density at radius 2 is 1.97 bits per heavy atom. The fourth-order valence-electron chi connectivity index (χ4n) is 3.53. The molecule has 0 atom stereocenters. The highest BCUT2D eigenvalue weighted by atomic mass is 32.2. The van der Waals surface area contributed by atoms with Crippen molar-refractivity contribution in [1.29, 1.82) is 0 Å². The van der Waals surface area contributed by atoms with Gasteiger partial charge in [0.2, 0.25) is 17.6 Å². The van der Waals surface area contributed by atoms with Crippen molar-refractivity contribution in [2.75, 3.05) is 36.8 Å². The van der Waals surface area contributed by atoms with Gasteiger partial charge in [-0.1, -0.05) is 36.0 Å². The van der Waals surface area contributed by atoms with Gasteiger partial charge in [-0.2, -0.15) is 4.98 Å². The number of rotatable bonds is 6. The number of carbonyl (C=O) groups excluding carboxylic acids is 1. The second-order valence-electron chi connectivity index (χ2n) is 7.37. The van der Waals surface area contributed by atoms with Crippen molar-refractivity contribution in [1.82, 2.24) is 25.0 Å². The van der Waals surface area contributed by atoms with E-state index >= 15 is 0 Å². The van der Waals surface area contributed by atoms with E-state index in [1.807, 2.05) is 42.2 Å². The van der Waals surface area contributed by atoms with Crippen LogP contribution in [0.5, 0.6) is 0 Å². The summed E-state index contributed by atoms with van der Waals surface area (Å²) in [6.07, 6.45) is 2.48. The Morgan fingerprint density at radius 3 is 2.69 bits per heavy atom. The minimum atomic E-state index is 0.154. The molecule has 1 aliphatic rings. The average Bonchev–Trinajstić information content (AvgIpc) is 3.49. The number of para-hydroxylation sites is 1. The summed E-state index contributed by atoms with van der Waals surface area (Å²) in [7, 11) is 0. The third-order valence-electron chi connectivity index (χ3n) is 5.33. The molecule has 8 nitrogen and oxygen atoms in total. The Labute approximate surface area is 193 Å². The molecule has 4 heterocycles. The largest absolute Gasteiger partial charge is 0.353 e. The minimum absolute atomic E-state index is 0.154. The maximum Gasteiger partial charge on any atom is 0.233 e. The number of hydrogen-bond acceptors (Lipinski definition) is 9. The maximum atomic E-state index is 12.7. The van der Waals surface area contributed by atoms with Gasteiger partial charge in [-0.3, -0.25) is 4.79 Å². The first-order chi connectivity index (χ1) is 15.7. The molecule has 4 aromatic rings. The van der Waals surface area contributed by atoms with E-state index in [2.05, 4.69) is 31.1 Å². The molecule has 3 aromatic heterocycles. The number of carbonyl (C=O) groups is 1. The summed E-state index contributed by atoms with van der Waals surface area (Å²) in [4.78, 5) is 30.3. The topological polar surface area (TPSA) is 88.3 Å². The molecule has 32 heavy (non-hydrogen) atoms. The Hall–Kier alpha value is -2.98. The van der Waals surface area contributed by atoms with E-state index in [1.165, 1.54) is 11.8 Å². The van der Waals surface area contributed by atoms with Crippen LogP contribution < -0.4 is 4.90 Å². The van der Waals surface area contributed by atoms with E-state index in [-0.39, 0.29) is 5.91 Å². The van der Waals surface area contributed by atoms with Gasteiger partial charge in [0.05, 0.1) is 16.0 Å². The normalized spacial score (nSPS) is 14.3. The Bertz CT molecular complexity index is 1180. The second kappa shape index (κ2) is 9.25. The van der Waals surface area contributed by atoms with E-state index in [9.17, 15) is 4.79 Å². The summed E-state index contributed by atoms with van der Waals surface area (Å²) >= 11 is 3.15. The molecule has 1 aliphatic heterocycles. The van der Waals surface area contributed by atoms with Crippen LogP contribution >= 0.6 is 23.1 Å². The monoisotopic (exact) mass is 466 g/mol. The Kier molecular flexibility index (Phi) is 6.04. The molecule has 0 aliphatic carbocycles. The van der Waals surface area contributed by atoms with Crippen LogP contribution in [0.3, 0.4) is 0 Å². The third-order valence-corrected chi connectivity index (χ3v) is 7.49. The second-order valence-corrected chi connectivity index (χ2v) is 9.63. The molecular weight excluding hydrogens is 444 g/mol. The molecule has 0 spiro atoms. The van der Waals surface area contributed by atoms with Crippen LogP contribution in [0.15, 0.2) is 51.5 Å². The summed E-state index contributed by atoms with van der Waals surface area (Å²) in [6.45, 7) is 4.86. The number of aryl methyl sites for hydroxylation is 1. The van der Waals surface area contributed by atoms with Crippen LogP contribution in [-0.4, -0.2) is 62.8 Å². The van der Waals surface area contributed by atoms with Crippen molar-refractivity contribution < 1.29 is 9.32 Å². The maximum absolute atomic E-state index is 12.7. The number of aromatic nitrogens is 4. The highest BCUT2D eigenvalue weighted by Crippen LogP contribution is 2.29. The summed E-state index contributed by atoms with van der Waals surface area (Å²) in [5, 5.41) is 3.99. The molecule has 164 valence electrons. The van der Waals surface area contributed by atoms with Gasteiger partial charge in [-0.15, -0.1) is 11.3 Å². The molecule has 1 amide bonds. The number of thiazole rings is 1. The molecule has 0 N–H and O–H groups in total. The van der Waals surface area contributed by atoms with Gasteiger partial charge >= 0.3 is 0 Å². The number of benzene rings is 1. The van der Waals surface area contributed by atoms with Gasteiger partial charge in [0.25, 0.3) is 0 Å². The third kappa shape index (κ3) is 4.46. The van der Waals surface area contributed by atoms with E-state index in [1.54, 1.807) is 17.5 Å². The zero-order chi connectivity index (χ0) is 21.9. The first-order valence-corrected chi connectivity index (χ1v) is 12.3. The molecule has 0 bridgehead atoms. The summed E-state index contributed by atoms with van der Waals surface area (Å²) in [5.74, 6) is 2.63. The van der Waals surface area contributed by atoms with Crippen LogP contribution in [0.2, 0.25) is 0 Å². The minimum Gasteiger partial charge on any atom is -0.353 e. The summed E-state index contributed by atoms with van der Waals surface area (Å²) < 4.78 is 7.26. The van der Waals surface area contributed by atoms with Gasteiger partial charge in [-0.05, 0) is 24.3 Å². The lowest BCUT2D eigenvalue weighted by Gasteiger charge is -2.35. The Morgan fingerprint density at radius 1 is 1.12 bits per heavy atom. The van der Waals surface area contributed by atoms with Crippen molar-refractivity contribution in [2.24, 2.45) is 0 Å². The first kappa shape index (κ1) is 20.9. The standard InChI is InChI=1S/C22H22N6O2S2/c1-2-19-25-21(26-30-19)15-7-8-18(23-13-15)27-9-11-28(12-10-27)20(29)14-31-22-24-16-5-3-4-6-17(16)32-22/h3-8,13H,2,9-12,14H2,1H3. The molecule has 5 rings (SSSR count). The van der Waals surface area contributed by atoms with Crippen molar-refractivity contribution in [3.63, 3.8) is 0 Å². The number of fused-ring (bicyclic) bond motifs is 1. The molecule has 0 radical (unpaired) electrons. The fourth-order valence-corrected chi connectivity index (χ4v) is 5.50. The number of hydrogen-bond donors (Lipinski definition) is 0. The lowest BCUT2D eigenvalue weighted by atomic mass is 10.2. The van der Waals surface area contributed by atoms with Gasteiger partial charge in [-0.25, -0.2) is 9.97 Å². The average molecular weight is 467 g/mol. The van der Waals surface area contributed by atoms with Crippen molar-refractivity contribution in [3.05, 3.63) is 48.5 Å². The van der Waals surface area contributed by atoms with Gasteiger partial charge in [0, 0.05) is 44.4 Å². The number of piperazine rings is 1. The molecule has 1 fully saturated rings.